The monoisotopic (exact) mass is 722 g/mol. The van der Waals surface area contributed by atoms with Crippen molar-refractivity contribution in [2.75, 3.05) is 6.61 Å². The van der Waals surface area contributed by atoms with Gasteiger partial charge in [0.15, 0.2) is 0 Å². The first-order valence-electron chi connectivity index (χ1n) is 23.0. The minimum Gasteiger partial charge on any atom is -0.394 e. The van der Waals surface area contributed by atoms with E-state index < -0.39 is 24.2 Å². The fourth-order valence-corrected chi connectivity index (χ4v) is 7.25. The molecule has 0 aliphatic carbocycles. The second-order valence-corrected chi connectivity index (χ2v) is 16.0. The van der Waals surface area contributed by atoms with Gasteiger partial charge in [-0.15, -0.1) is 0 Å². The van der Waals surface area contributed by atoms with Gasteiger partial charge in [-0.3, -0.25) is 4.79 Å². The van der Waals surface area contributed by atoms with Gasteiger partial charge >= 0.3 is 0 Å². The molecule has 0 aromatic carbocycles. The lowest BCUT2D eigenvalue weighted by Crippen LogP contribution is -2.49. The number of nitrogens with one attached hydrogen (secondary N) is 1. The van der Waals surface area contributed by atoms with E-state index in [0.717, 1.165) is 32.1 Å². The Morgan fingerprint density at radius 2 is 0.745 bits per heavy atom. The highest BCUT2D eigenvalue weighted by molar-refractivity contribution is 5.80. The fourth-order valence-electron chi connectivity index (χ4n) is 7.25. The van der Waals surface area contributed by atoms with Crippen LogP contribution in [-0.4, -0.2) is 46.1 Å². The number of aliphatic hydroxyl groups excluding tert-OH is 3. The molecule has 0 aromatic heterocycles. The van der Waals surface area contributed by atoms with Crippen molar-refractivity contribution in [2.45, 2.75) is 270 Å². The van der Waals surface area contributed by atoms with Crippen molar-refractivity contribution in [1.82, 2.24) is 5.32 Å². The van der Waals surface area contributed by atoms with Crippen LogP contribution in [0.2, 0.25) is 0 Å². The summed E-state index contributed by atoms with van der Waals surface area (Å²) in [5.41, 5.74) is 0. The van der Waals surface area contributed by atoms with E-state index in [4.69, 9.17) is 0 Å². The number of amides is 1. The highest BCUT2D eigenvalue weighted by Gasteiger charge is 2.23. The molecule has 1 amide bonds. The van der Waals surface area contributed by atoms with E-state index in [0.29, 0.717) is 12.8 Å². The van der Waals surface area contributed by atoms with E-state index in [9.17, 15) is 20.1 Å². The van der Waals surface area contributed by atoms with Gasteiger partial charge in [0.25, 0.3) is 0 Å². The molecule has 3 unspecified atom stereocenters. The van der Waals surface area contributed by atoms with Crippen molar-refractivity contribution in [1.29, 1.82) is 0 Å². The minimum absolute atomic E-state index is 0.312. The number of carbonyl (C=O) groups excluding carboxylic acids is 1. The normalized spacial score (nSPS) is 13.6. The average molecular weight is 722 g/mol. The second kappa shape index (κ2) is 41.8. The van der Waals surface area contributed by atoms with Gasteiger partial charge in [0.1, 0.15) is 6.10 Å². The molecule has 4 N–H and O–H groups in total. The lowest BCUT2D eigenvalue weighted by atomic mass is 10.0. The number of hydrogen-bond donors (Lipinski definition) is 4. The van der Waals surface area contributed by atoms with Crippen LogP contribution >= 0.6 is 0 Å². The van der Waals surface area contributed by atoms with Crippen LogP contribution in [-0.2, 0) is 4.79 Å². The molecular weight excluding hydrogens is 631 g/mol. The summed E-state index contributed by atoms with van der Waals surface area (Å²) in [6.45, 7) is 4.24. The van der Waals surface area contributed by atoms with Gasteiger partial charge < -0.3 is 20.6 Å². The van der Waals surface area contributed by atoms with Crippen LogP contribution in [0.3, 0.4) is 0 Å². The summed E-state index contributed by atoms with van der Waals surface area (Å²) in [7, 11) is 0. The van der Waals surface area contributed by atoms with Crippen LogP contribution in [0.1, 0.15) is 251 Å². The summed E-state index contributed by atoms with van der Waals surface area (Å²) >= 11 is 0. The third-order valence-corrected chi connectivity index (χ3v) is 10.9. The zero-order chi connectivity index (χ0) is 37.3. The Labute approximate surface area is 319 Å². The summed E-state index contributed by atoms with van der Waals surface area (Å²) in [5.74, 6) is -0.473. The number of unbranched alkanes of at least 4 members (excludes halogenated alkanes) is 32. The van der Waals surface area contributed by atoms with Crippen LogP contribution in [0.25, 0.3) is 0 Å². The zero-order valence-electron chi connectivity index (χ0n) is 34.5. The van der Waals surface area contributed by atoms with Crippen molar-refractivity contribution in [3.63, 3.8) is 0 Å². The molecule has 0 aliphatic heterocycles. The number of hydrogen-bond acceptors (Lipinski definition) is 4. The van der Waals surface area contributed by atoms with Crippen molar-refractivity contribution in [2.24, 2.45) is 0 Å². The Hall–Kier alpha value is -0.910. The summed E-state index contributed by atoms with van der Waals surface area (Å²) in [5, 5.41) is 33.3. The van der Waals surface area contributed by atoms with Crippen LogP contribution < -0.4 is 5.32 Å². The Morgan fingerprint density at radius 1 is 0.451 bits per heavy atom. The van der Waals surface area contributed by atoms with Gasteiger partial charge in [0.2, 0.25) is 5.91 Å². The largest absolute Gasteiger partial charge is 0.394 e. The molecule has 0 rings (SSSR count). The highest BCUT2D eigenvalue weighted by Crippen LogP contribution is 2.17. The highest BCUT2D eigenvalue weighted by atomic mass is 16.3. The molecule has 5 nitrogen and oxygen atoms in total. The Balaban J connectivity index is 3.59. The molecule has 0 radical (unpaired) electrons. The van der Waals surface area contributed by atoms with E-state index in [1.807, 2.05) is 0 Å². The molecule has 304 valence electrons. The maximum Gasteiger partial charge on any atom is 0.249 e. The van der Waals surface area contributed by atoms with Gasteiger partial charge in [-0.2, -0.15) is 0 Å². The van der Waals surface area contributed by atoms with Crippen molar-refractivity contribution in [3.05, 3.63) is 12.2 Å². The summed E-state index contributed by atoms with van der Waals surface area (Å²) < 4.78 is 0. The van der Waals surface area contributed by atoms with Crippen LogP contribution in [0.4, 0.5) is 0 Å². The molecule has 0 saturated carbocycles. The van der Waals surface area contributed by atoms with Crippen molar-refractivity contribution < 1.29 is 20.1 Å². The van der Waals surface area contributed by atoms with Gasteiger partial charge in [-0.05, 0) is 38.5 Å². The molecule has 51 heavy (non-hydrogen) atoms. The van der Waals surface area contributed by atoms with Gasteiger partial charge in [0, 0.05) is 0 Å². The van der Waals surface area contributed by atoms with Gasteiger partial charge in [-0.25, -0.2) is 0 Å². The molecule has 0 spiro atoms. The molecule has 0 aromatic rings. The van der Waals surface area contributed by atoms with E-state index in [2.05, 4.69) is 31.3 Å². The Bertz CT molecular complexity index is 713. The zero-order valence-corrected chi connectivity index (χ0v) is 34.5. The Kier molecular flexibility index (Phi) is 41.1. The topological polar surface area (TPSA) is 89.8 Å². The molecule has 0 fully saturated rings. The average Bonchev–Trinajstić information content (AvgIpc) is 3.13. The molecule has 0 aliphatic rings. The number of rotatable bonds is 42. The predicted molar refractivity (Wildman–Crippen MR) is 222 cm³/mol. The molecule has 3 atom stereocenters. The fraction of sp³-hybridized carbons (Fsp3) is 0.935. The third kappa shape index (κ3) is 37.2. The first-order valence-corrected chi connectivity index (χ1v) is 23.0. The van der Waals surface area contributed by atoms with Crippen LogP contribution in [0.15, 0.2) is 12.2 Å². The molecule has 0 heterocycles. The maximum absolute atomic E-state index is 12.5. The maximum atomic E-state index is 12.5. The number of aliphatic hydroxyl groups is 3. The number of carbonyl (C=O) groups is 1. The Morgan fingerprint density at radius 3 is 1.08 bits per heavy atom. The quantitative estimate of drug-likeness (QED) is 0.0373. The van der Waals surface area contributed by atoms with Gasteiger partial charge in [0.05, 0.1) is 18.8 Å². The third-order valence-electron chi connectivity index (χ3n) is 10.9. The number of allylic oxidation sites excluding steroid dienone is 2. The standard InChI is InChI=1S/C46H91NO4/c1-3-5-7-9-11-13-15-17-19-21-22-23-24-25-27-28-30-32-34-36-38-40-44(49)43(42-48)47-46(51)45(50)41-39-37-35-33-31-29-26-20-18-16-14-12-10-8-6-4-2/h18,20,43-45,48-50H,3-17,19,21-42H2,1-2H3,(H,47,51)/b20-18-. The van der Waals surface area contributed by atoms with Crippen LogP contribution in [0.5, 0.6) is 0 Å². The van der Waals surface area contributed by atoms with E-state index in [1.54, 1.807) is 0 Å². The van der Waals surface area contributed by atoms with Crippen LogP contribution in [0, 0.1) is 0 Å². The molecule has 0 bridgehead atoms. The smallest absolute Gasteiger partial charge is 0.249 e. The van der Waals surface area contributed by atoms with Crippen molar-refractivity contribution in [3.8, 4) is 0 Å². The predicted octanol–water partition coefficient (Wildman–Crippen LogP) is 13.2. The van der Waals surface area contributed by atoms with Crippen molar-refractivity contribution >= 4 is 5.91 Å². The lowest BCUT2D eigenvalue weighted by Gasteiger charge is -2.23. The molecular formula is C46H91NO4. The SMILES string of the molecule is CCCCCCCC/C=C\CCCCCCCCC(O)C(=O)NC(CO)C(O)CCCCCCCCCCCCCCCCCCCCCCC. The summed E-state index contributed by atoms with van der Waals surface area (Å²) in [6.07, 6.45) is 49.3. The lowest BCUT2D eigenvalue weighted by molar-refractivity contribution is -0.131. The van der Waals surface area contributed by atoms with E-state index in [-0.39, 0.29) is 6.61 Å². The second-order valence-electron chi connectivity index (χ2n) is 16.0. The molecule has 0 saturated heterocycles. The first-order chi connectivity index (χ1) is 25.1. The van der Waals surface area contributed by atoms with Gasteiger partial charge in [-0.1, -0.05) is 225 Å². The summed E-state index contributed by atoms with van der Waals surface area (Å²) in [6, 6.07) is -0.711. The van der Waals surface area contributed by atoms with E-state index >= 15 is 0 Å². The van der Waals surface area contributed by atoms with E-state index in [1.165, 1.54) is 193 Å². The minimum atomic E-state index is -1.08. The molecule has 5 heteroatoms. The summed E-state index contributed by atoms with van der Waals surface area (Å²) in [4.78, 5) is 12.5. The first kappa shape index (κ1) is 50.1.